The molecule has 234 valence electrons. The van der Waals surface area contributed by atoms with E-state index in [1.807, 2.05) is 54.6 Å². The van der Waals surface area contributed by atoms with Crippen LogP contribution in [0, 0.1) is 5.92 Å². The number of fused-ring (bicyclic) bond motifs is 3. The summed E-state index contributed by atoms with van der Waals surface area (Å²) in [7, 11) is 1.29. The van der Waals surface area contributed by atoms with Crippen LogP contribution in [0.4, 0.5) is 4.79 Å². The van der Waals surface area contributed by atoms with Gasteiger partial charge in [0.2, 0.25) is 5.91 Å². The van der Waals surface area contributed by atoms with Gasteiger partial charge in [-0.2, -0.15) is 0 Å². The lowest BCUT2D eigenvalue weighted by Crippen LogP contribution is -2.67. The standard InChI is InChI=1S/C37H41N3O5/c1-36(2,3)45-35(43)40-31(33(38)41)30(34(42)44-4)29-27-17-11-12-18-28(27)39-32(29)37(40,25-15-9-6-10-16-25)26-21-19-24(20-22-26)23-13-7-5-8-14-23/h5,7-8,11-14,17-22,25,30-31,39H,6,9-10,15-16H2,1-4H3,(H2,38,41)/t30?,31-,37+/m1/s1. The van der Waals surface area contributed by atoms with Crippen molar-refractivity contribution in [2.45, 2.75) is 76.0 Å². The van der Waals surface area contributed by atoms with Crippen molar-refractivity contribution in [1.82, 2.24) is 9.88 Å². The molecule has 3 N–H and O–H groups in total. The van der Waals surface area contributed by atoms with E-state index in [4.69, 9.17) is 15.2 Å². The maximum atomic E-state index is 14.7. The molecule has 1 unspecified atom stereocenters. The van der Waals surface area contributed by atoms with Crippen LogP contribution in [0.1, 0.15) is 75.6 Å². The Labute approximate surface area is 263 Å². The van der Waals surface area contributed by atoms with Crippen molar-refractivity contribution < 1.29 is 23.9 Å². The minimum atomic E-state index is -1.37. The molecule has 2 amide bonds. The molecule has 4 aromatic rings. The summed E-state index contributed by atoms with van der Waals surface area (Å²) in [6.07, 6.45) is 3.92. The molecule has 0 bridgehead atoms. The Balaban J connectivity index is 1.73. The van der Waals surface area contributed by atoms with Gasteiger partial charge in [0.15, 0.2) is 0 Å². The number of rotatable bonds is 5. The van der Waals surface area contributed by atoms with Gasteiger partial charge in [-0.3, -0.25) is 14.5 Å². The number of carbonyl (C=O) groups excluding carboxylic acids is 3. The van der Waals surface area contributed by atoms with Crippen molar-refractivity contribution in [3.8, 4) is 11.1 Å². The summed E-state index contributed by atoms with van der Waals surface area (Å²) >= 11 is 0. The van der Waals surface area contributed by atoms with Crippen LogP contribution in [0.5, 0.6) is 0 Å². The van der Waals surface area contributed by atoms with Crippen LogP contribution in [0.2, 0.25) is 0 Å². The summed E-state index contributed by atoms with van der Waals surface area (Å²) in [5, 5.41) is 0.791. The lowest BCUT2D eigenvalue weighted by atomic mass is 9.63. The Morgan fingerprint density at radius 3 is 2.11 bits per heavy atom. The third-order valence-corrected chi connectivity index (χ3v) is 9.38. The number of para-hydroxylation sites is 1. The number of hydrogen-bond donors (Lipinski definition) is 2. The molecule has 2 aliphatic rings. The van der Waals surface area contributed by atoms with Gasteiger partial charge in [0.05, 0.1) is 12.8 Å². The number of benzene rings is 3. The van der Waals surface area contributed by atoms with Crippen molar-refractivity contribution in [1.29, 1.82) is 0 Å². The highest BCUT2D eigenvalue weighted by molar-refractivity contribution is 6.00. The van der Waals surface area contributed by atoms with Crippen LogP contribution in [0.3, 0.4) is 0 Å². The van der Waals surface area contributed by atoms with E-state index in [9.17, 15) is 14.4 Å². The fourth-order valence-corrected chi connectivity index (χ4v) is 7.66. The predicted octanol–water partition coefficient (Wildman–Crippen LogP) is 7.02. The summed E-state index contributed by atoms with van der Waals surface area (Å²) < 4.78 is 11.4. The highest BCUT2D eigenvalue weighted by Crippen LogP contribution is 2.57. The number of aromatic nitrogens is 1. The highest BCUT2D eigenvalue weighted by atomic mass is 16.6. The van der Waals surface area contributed by atoms with Gasteiger partial charge in [0, 0.05) is 16.5 Å². The summed E-state index contributed by atoms with van der Waals surface area (Å²) in [5.41, 5.74) is 9.20. The zero-order valence-electron chi connectivity index (χ0n) is 26.3. The molecule has 1 aromatic heterocycles. The number of aromatic amines is 1. The molecule has 1 saturated carbocycles. The number of methoxy groups -OCH3 is 1. The maximum absolute atomic E-state index is 14.7. The highest BCUT2D eigenvalue weighted by Gasteiger charge is 2.62. The van der Waals surface area contributed by atoms with Gasteiger partial charge < -0.3 is 20.2 Å². The number of H-pyrrole nitrogens is 1. The molecule has 0 spiro atoms. The Morgan fingerprint density at radius 1 is 0.867 bits per heavy atom. The summed E-state index contributed by atoms with van der Waals surface area (Å²) in [6.45, 7) is 5.37. The molecular weight excluding hydrogens is 566 g/mol. The fraction of sp³-hybridized carbons (Fsp3) is 0.378. The van der Waals surface area contributed by atoms with Crippen LogP contribution < -0.4 is 5.73 Å². The molecule has 0 radical (unpaired) electrons. The summed E-state index contributed by atoms with van der Waals surface area (Å²) in [6, 6.07) is 24.6. The number of amides is 2. The van der Waals surface area contributed by atoms with Crippen LogP contribution >= 0.6 is 0 Å². The third-order valence-electron chi connectivity index (χ3n) is 9.38. The minimum absolute atomic E-state index is 0.103. The first kappa shape index (κ1) is 30.4. The average Bonchev–Trinajstić information content (AvgIpc) is 3.43. The van der Waals surface area contributed by atoms with Crippen LogP contribution in [0.25, 0.3) is 22.0 Å². The summed E-state index contributed by atoms with van der Waals surface area (Å²) in [5.74, 6) is -2.71. The van der Waals surface area contributed by atoms with Crippen LogP contribution in [-0.2, 0) is 24.6 Å². The van der Waals surface area contributed by atoms with Gasteiger partial charge >= 0.3 is 12.1 Å². The van der Waals surface area contributed by atoms with Crippen LogP contribution in [0.15, 0.2) is 78.9 Å². The molecule has 45 heavy (non-hydrogen) atoms. The Bertz CT molecular complexity index is 1720. The number of nitrogens with one attached hydrogen (secondary N) is 1. The normalized spacial score (nSPS) is 22.1. The molecule has 3 atom stereocenters. The van der Waals surface area contributed by atoms with E-state index < -0.39 is 41.1 Å². The lowest BCUT2D eigenvalue weighted by Gasteiger charge is -2.56. The number of hydrogen-bond acceptors (Lipinski definition) is 5. The Kier molecular flexibility index (Phi) is 7.93. The zero-order valence-corrected chi connectivity index (χ0v) is 26.3. The van der Waals surface area contributed by atoms with E-state index >= 15 is 0 Å². The van der Waals surface area contributed by atoms with Crippen molar-refractivity contribution in [3.63, 3.8) is 0 Å². The van der Waals surface area contributed by atoms with Crippen LogP contribution in [-0.4, -0.2) is 46.6 Å². The van der Waals surface area contributed by atoms with Gasteiger partial charge in [-0.15, -0.1) is 0 Å². The van der Waals surface area contributed by atoms with Crippen molar-refractivity contribution in [3.05, 3.63) is 95.7 Å². The first-order valence-corrected chi connectivity index (χ1v) is 15.7. The molecule has 3 aromatic carbocycles. The van der Waals surface area contributed by atoms with Gasteiger partial charge in [-0.1, -0.05) is 92.1 Å². The van der Waals surface area contributed by atoms with Gasteiger partial charge in [-0.05, 0) is 62.3 Å². The topological polar surface area (TPSA) is 115 Å². The molecule has 6 rings (SSSR count). The molecule has 1 fully saturated rings. The second-order valence-electron chi connectivity index (χ2n) is 13.2. The van der Waals surface area contributed by atoms with E-state index in [0.717, 1.165) is 59.7 Å². The first-order chi connectivity index (χ1) is 21.6. The quantitative estimate of drug-likeness (QED) is 0.237. The number of nitrogens with two attached hydrogens (primary N) is 1. The number of primary amides is 1. The summed E-state index contributed by atoms with van der Waals surface area (Å²) in [4.78, 5) is 47.3. The Morgan fingerprint density at radius 2 is 1.49 bits per heavy atom. The second kappa shape index (κ2) is 11.7. The predicted molar refractivity (Wildman–Crippen MR) is 173 cm³/mol. The number of esters is 1. The Hall–Kier alpha value is -4.59. The molecule has 0 saturated heterocycles. The SMILES string of the molecule is COC(=O)C1c2c([nH]c3ccccc23)[C@@](c2ccc(-c3ccccc3)cc2)(C2CCCCC2)N(C(=O)OC(C)(C)C)[C@H]1C(N)=O. The number of ether oxygens (including phenoxy) is 2. The van der Waals surface area contributed by atoms with Gasteiger partial charge in [0.25, 0.3) is 0 Å². The third kappa shape index (κ3) is 5.16. The van der Waals surface area contributed by atoms with E-state index in [1.54, 1.807) is 20.8 Å². The molecular formula is C37H41N3O5. The van der Waals surface area contributed by atoms with Crippen molar-refractivity contribution >= 4 is 28.9 Å². The molecule has 8 nitrogen and oxygen atoms in total. The van der Waals surface area contributed by atoms with E-state index in [-0.39, 0.29) is 5.92 Å². The smallest absolute Gasteiger partial charge is 0.412 e. The number of nitrogens with zero attached hydrogens (tertiary/aromatic N) is 1. The number of carbonyl (C=O) groups is 3. The fourth-order valence-electron chi connectivity index (χ4n) is 7.66. The molecule has 1 aliphatic heterocycles. The molecule has 1 aliphatic carbocycles. The second-order valence-corrected chi connectivity index (χ2v) is 13.2. The minimum Gasteiger partial charge on any atom is -0.468 e. The van der Waals surface area contributed by atoms with E-state index in [2.05, 4.69) is 29.2 Å². The maximum Gasteiger partial charge on any atom is 0.412 e. The zero-order chi connectivity index (χ0) is 31.9. The molecule has 8 heteroatoms. The largest absolute Gasteiger partial charge is 0.468 e. The first-order valence-electron chi connectivity index (χ1n) is 15.7. The van der Waals surface area contributed by atoms with Crippen molar-refractivity contribution in [2.75, 3.05) is 7.11 Å². The average molecular weight is 608 g/mol. The van der Waals surface area contributed by atoms with Crippen molar-refractivity contribution in [2.24, 2.45) is 11.7 Å². The monoisotopic (exact) mass is 607 g/mol. The van der Waals surface area contributed by atoms with E-state index in [1.165, 1.54) is 12.0 Å². The molecule has 2 heterocycles. The lowest BCUT2D eigenvalue weighted by molar-refractivity contribution is -0.150. The van der Waals surface area contributed by atoms with Gasteiger partial charge in [0.1, 0.15) is 23.1 Å². The van der Waals surface area contributed by atoms with E-state index in [0.29, 0.717) is 11.3 Å². The van der Waals surface area contributed by atoms with Gasteiger partial charge in [-0.25, -0.2) is 4.79 Å².